The standard InChI is InChI=1S/C22H29N5O2/c1-5-20(28)26-13-11-22(12-14-26,18-9-7-6-8-10-18)21(29)25(4)15-19-24-23-16-27(19)17(2)3/h5-10,16-17H,1,11-15H2,2-4H3. The molecule has 2 aromatic rings. The average molecular weight is 396 g/mol. The molecule has 1 aromatic carbocycles. The van der Waals surface area contributed by atoms with Crippen molar-refractivity contribution in [3.8, 4) is 0 Å². The van der Waals surface area contributed by atoms with Gasteiger partial charge in [0.15, 0.2) is 5.82 Å². The fourth-order valence-corrected chi connectivity index (χ4v) is 4.08. The highest BCUT2D eigenvalue weighted by molar-refractivity contribution is 5.90. The van der Waals surface area contributed by atoms with Crippen LogP contribution in [-0.4, -0.2) is 56.5 Å². The summed E-state index contributed by atoms with van der Waals surface area (Å²) in [4.78, 5) is 29.2. The molecule has 7 nitrogen and oxygen atoms in total. The van der Waals surface area contributed by atoms with Gasteiger partial charge in [-0.05, 0) is 38.3 Å². The van der Waals surface area contributed by atoms with Gasteiger partial charge < -0.3 is 14.4 Å². The number of likely N-dealkylation sites (N-methyl/N-ethyl adjacent to an activating group) is 1. The normalized spacial score (nSPS) is 15.9. The van der Waals surface area contributed by atoms with E-state index >= 15 is 0 Å². The monoisotopic (exact) mass is 395 g/mol. The van der Waals surface area contributed by atoms with Crippen molar-refractivity contribution in [2.45, 2.75) is 44.7 Å². The van der Waals surface area contributed by atoms with Crippen LogP contribution < -0.4 is 0 Å². The summed E-state index contributed by atoms with van der Waals surface area (Å²) in [5, 5.41) is 8.21. The molecule has 2 amide bonds. The van der Waals surface area contributed by atoms with Crippen molar-refractivity contribution in [2.75, 3.05) is 20.1 Å². The van der Waals surface area contributed by atoms with Gasteiger partial charge in [0.2, 0.25) is 11.8 Å². The first-order valence-corrected chi connectivity index (χ1v) is 10.00. The molecule has 3 rings (SSSR count). The van der Waals surface area contributed by atoms with E-state index in [0.717, 1.165) is 11.4 Å². The van der Waals surface area contributed by atoms with Crippen LogP contribution in [0.15, 0.2) is 49.3 Å². The quantitative estimate of drug-likeness (QED) is 0.705. The lowest BCUT2D eigenvalue weighted by molar-refractivity contribution is -0.141. The van der Waals surface area contributed by atoms with Gasteiger partial charge in [0.25, 0.3) is 0 Å². The highest BCUT2D eigenvalue weighted by Gasteiger charge is 2.45. The molecule has 0 atom stereocenters. The number of hydrogen-bond acceptors (Lipinski definition) is 4. The van der Waals surface area contributed by atoms with Crippen LogP contribution in [0.25, 0.3) is 0 Å². The van der Waals surface area contributed by atoms with Crippen molar-refractivity contribution in [1.82, 2.24) is 24.6 Å². The lowest BCUT2D eigenvalue weighted by Crippen LogP contribution is -2.53. The number of nitrogens with zero attached hydrogens (tertiary/aromatic N) is 5. The Hall–Kier alpha value is -2.96. The molecule has 154 valence electrons. The Labute approximate surface area is 172 Å². The molecule has 0 radical (unpaired) electrons. The zero-order valence-corrected chi connectivity index (χ0v) is 17.4. The second kappa shape index (κ2) is 8.59. The molecule has 0 bridgehead atoms. The maximum absolute atomic E-state index is 13.7. The Morgan fingerprint density at radius 1 is 1.24 bits per heavy atom. The number of hydrogen-bond donors (Lipinski definition) is 0. The molecular formula is C22H29N5O2. The molecule has 7 heteroatoms. The summed E-state index contributed by atoms with van der Waals surface area (Å²) in [6, 6.07) is 10.1. The van der Waals surface area contributed by atoms with Crippen molar-refractivity contribution >= 4 is 11.8 Å². The number of carbonyl (C=O) groups is 2. The molecule has 1 saturated heterocycles. The van der Waals surface area contributed by atoms with Crippen LogP contribution in [0.5, 0.6) is 0 Å². The van der Waals surface area contributed by atoms with Gasteiger partial charge in [-0.3, -0.25) is 9.59 Å². The third kappa shape index (κ3) is 4.09. The van der Waals surface area contributed by atoms with Crippen LogP contribution in [-0.2, 0) is 21.5 Å². The van der Waals surface area contributed by atoms with E-state index in [9.17, 15) is 9.59 Å². The van der Waals surface area contributed by atoms with Gasteiger partial charge >= 0.3 is 0 Å². The summed E-state index contributed by atoms with van der Waals surface area (Å²) < 4.78 is 1.98. The van der Waals surface area contributed by atoms with Crippen molar-refractivity contribution < 1.29 is 9.59 Å². The van der Waals surface area contributed by atoms with E-state index < -0.39 is 5.41 Å². The molecule has 29 heavy (non-hydrogen) atoms. The average Bonchev–Trinajstić information content (AvgIpc) is 3.21. The Bertz CT molecular complexity index is 866. The fraction of sp³-hybridized carbons (Fsp3) is 0.455. The van der Waals surface area contributed by atoms with Gasteiger partial charge in [0.1, 0.15) is 6.33 Å². The largest absolute Gasteiger partial charge is 0.339 e. The van der Waals surface area contributed by atoms with E-state index in [1.165, 1.54) is 6.08 Å². The maximum atomic E-state index is 13.7. The minimum atomic E-state index is -0.656. The fourth-order valence-electron chi connectivity index (χ4n) is 4.08. The second-order valence-corrected chi connectivity index (χ2v) is 7.89. The smallest absolute Gasteiger partial charge is 0.245 e. The summed E-state index contributed by atoms with van der Waals surface area (Å²) in [7, 11) is 1.81. The molecule has 0 aliphatic carbocycles. The molecule has 0 saturated carbocycles. The zero-order chi connectivity index (χ0) is 21.0. The molecule has 2 heterocycles. The predicted molar refractivity (Wildman–Crippen MR) is 111 cm³/mol. The Balaban J connectivity index is 1.86. The topological polar surface area (TPSA) is 71.3 Å². The van der Waals surface area contributed by atoms with E-state index in [1.54, 1.807) is 16.1 Å². The van der Waals surface area contributed by atoms with Crippen LogP contribution in [0, 0.1) is 0 Å². The highest BCUT2D eigenvalue weighted by atomic mass is 16.2. The number of aromatic nitrogens is 3. The molecular weight excluding hydrogens is 366 g/mol. The first-order chi connectivity index (χ1) is 13.9. The third-order valence-electron chi connectivity index (χ3n) is 5.77. The van der Waals surface area contributed by atoms with E-state index in [-0.39, 0.29) is 17.9 Å². The van der Waals surface area contributed by atoms with Crippen molar-refractivity contribution in [3.63, 3.8) is 0 Å². The summed E-state index contributed by atoms with van der Waals surface area (Å²) in [5.41, 5.74) is 0.337. The van der Waals surface area contributed by atoms with E-state index in [0.29, 0.717) is 32.5 Å². The highest BCUT2D eigenvalue weighted by Crippen LogP contribution is 2.37. The Morgan fingerprint density at radius 2 is 1.90 bits per heavy atom. The van der Waals surface area contributed by atoms with Gasteiger partial charge in [-0.2, -0.15) is 0 Å². The van der Waals surface area contributed by atoms with Crippen LogP contribution in [0.4, 0.5) is 0 Å². The van der Waals surface area contributed by atoms with Gasteiger partial charge in [-0.15, -0.1) is 10.2 Å². The van der Waals surface area contributed by atoms with Gasteiger partial charge in [-0.25, -0.2) is 0 Å². The molecule has 1 aliphatic heterocycles. The lowest BCUT2D eigenvalue weighted by atomic mass is 9.71. The van der Waals surface area contributed by atoms with E-state index in [4.69, 9.17) is 0 Å². The lowest BCUT2D eigenvalue weighted by Gasteiger charge is -2.42. The first kappa shape index (κ1) is 20.8. The number of amides is 2. The summed E-state index contributed by atoms with van der Waals surface area (Å²) in [5.74, 6) is 0.726. The van der Waals surface area contributed by atoms with E-state index in [1.807, 2.05) is 41.9 Å². The van der Waals surface area contributed by atoms with E-state index in [2.05, 4.69) is 30.6 Å². The minimum Gasteiger partial charge on any atom is -0.339 e. The van der Waals surface area contributed by atoms with Gasteiger partial charge in [-0.1, -0.05) is 36.9 Å². The summed E-state index contributed by atoms with van der Waals surface area (Å²) >= 11 is 0. The molecule has 0 N–H and O–H groups in total. The molecule has 1 aliphatic rings. The van der Waals surface area contributed by atoms with Crippen molar-refractivity contribution in [3.05, 3.63) is 60.7 Å². The van der Waals surface area contributed by atoms with Gasteiger partial charge in [0, 0.05) is 26.2 Å². The van der Waals surface area contributed by atoms with Crippen LogP contribution in [0.1, 0.15) is 44.1 Å². The predicted octanol–water partition coefficient (Wildman–Crippen LogP) is 2.56. The Kier molecular flexibility index (Phi) is 6.15. The molecule has 0 unspecified atom stereocenters. The number of rotatable bonds is 6. The van der Waals surface area contributed by atoms with Gasteiger partial charge in [0.05, 0.1) is 12.0 Å². The Morgan fingerprint density at radius 3 is 2.48 bits per heavy atom. The third-order valence-corrected chi connectivity index (χ3v) is 5.77. The number of piperidine rings is 1. The maximum Gasteiger partial charge on any atom is 0.245 e. The number of benzene rings is 1. The zero-order valence-electron chi connectivity index (χ0n) is 17.4. The molecule has 1 aromatic heterocycles. The minimum absolute atomic E-state index is 0.0488. The summed E-state index contributed by atoms with van der Waals surface area (Å²) in [6.45, 7) is 9.15. The van der Waals surface area contributed by atoms with Crippen LogP contribution in [0.2, 0.25) is 0 Å². The van der Waals surface area contributed by atoms with Crippen LogP contribution in [0.3, 0.4) is 0 Å². The second-order valence-electron chi connectivity index (χ2n) is 7.89. The summed E-state index contributed by atoms with van der Waals surface area (Å²) in [6.07, 6.45) is 4.19. The van der Waals surface area contributed by atoms with Crippen molar-refractivity contribution in [2.24, 2.45) is 0 Å². The number of carbonyl (C=O) groups excluding carboxylic acids is 2. The molecule has 0 spiro atoms. The van der Waals surface area contributed by atoms with Crippen LogP contribution >= 0.6 is 0 Å². The SMILES string of the molecule is C=CC(=O)N1CCC(C(=O)N(C)Cc2nncn2C(C)C)(c2ccccc2)CC1. The number of likely N-dealkylation sites (tertiary alicyclic amines) is 1. The molecule has 1 fully saturated rings. The first-order valence-electron chi connectivity index (χ1n) is 10.00. The van der Waals surface area contributed by atoms with Crippen molar-refractivity contribution in [1.29, 1.82) is 0 Å².